The first-order valence-electron chi connectivity index (χ1n) is 13.0. The van der Waals surface area contributed by atoms with Gasteiger partial charge in [0.15, 0.2) is 0 Å². The third-order valence-corrected chi connectivity index (χ3v) is 7.68. The van der Waals surface area contributed by atoms with Gasteiger partial charge in [-0.2, -0.15) is 0 Å². The third kappa shape index (κ3) is 5.02. The van der Waals surface area contributed by atoms with Gasteiger partial charge in [-0.25, -0.2) is 25.3 Å². The van der Waals surface area contributed by atoms with E-state index in [0.29, 0.717) is 23.6 Å². The van der Waals surface area contributed by atoms with E-state index in [1.807, 2.05) is 44.2 Å². The highest BCUT2D eigenvalue weighted by atomic mass is 35.5. The number of aryl methyl sites for hydroxylation is 2. The highest BCUT2D eigenvalue weighted by Crippen LogP contribution is 2.48. The monoisotopic (exact) mass is 553 g/mol. The fourth-order valence-corrected chi connectivity index (χ4v) is 5.10. The van der Waals surface area contributed by atoms with Crippen LogP contribution in [0.5, 0.6) is 0 Å². The number of hydrogen-bond acceptors (Lipinski definition) is 7. The van der Waals surface area contributed by atoms with Crippen LogP contribution in [0.2, 0.25) is 5.02 Å². The van der Waals surface area contributed by atoms with Gasteiger partial charge in [-0.15, -0.1) is 0 Å². The molecule has 0 spiro atoms. The van der Waals surface area contributed by atoms with Gasteiger partial charge in [0, 0.05) is 29.1 Å². The molecule has 0 radical (unpaired) electrons. The number of benzene rings is 2. The third-order valence-electron chi connectivity index (χ3n) is 7.43. The van der Waals surface area contributed by atoms with Gasteiger partial charge in [0.05, 0.1) is 18.6 Å². The van der Waals surface area contributed by atoms with Crippen LogP contribution in [-0.2, 0) is 22.5 Å². The number of carbonyl (C=O) groups is 3. The van der Waals surface area contributed by atoms with E-state index in [1.165, 1.54) is 4.90 Å². The van der Waals surface area contributed by atoms with Crippen LogP contribution in [0.3, 0.4) is 0 Å². The number of rotatable bonds is 9. The molecule has 4 amide bonds. The molecule has 1 aliphatic carbocycles. The largest absolute Gasteiger partial charge is 0.466 e. The quantitative estimate of drug-likeness (QED) is 0.211. The van der Waals surface area contributed by atoms with Crippen molar-refractivity contribution in [3.8, 4) is 0 Å². The first-order valence-corrected chi connectivity index (χ1v) is 13.4. The van der Waals surface area contributed by atoms with E-state index in [9.17, 15) is 14.4 Å². The first-order chi connectivity index (χ1) is 18.7. The fourth-order valence-electron chi connectivity index (χ4n) is 4.97. The molecule has 2 aliphatic rings. The summed E-state index contributed by atoms with van der Waals surface area (Å²) in [7, 11) is 0. The van der Waals surface area contributed by atoms with Crippen LogP contribution in [0.1, 0.15) is 43.6 Å². The normalized spacial score (nSPS) is 18.6. The molecular formula is C28H32ClN5O5. The van der Waals surface area contributed by atoms with Crippen molar-refractivity contribution in [2.45, 2.75) is 52.9 Å². The maximum atomic E-state index is 13.9. The summed E-state index contributed by atoms with van der Waals surface area (Å²) in [6, 6.07) is 11.4. The molecule has 11 heteroatoms. The molecule has 0 bridgehead atoms. The molecule has 10 nitrogen and oxygen atoms in total. The summed E-state index contributed by atoms with van der Waals surface area (Å²) >= 11 is 6.07. The van der Waals surface area contributed by atoms with Crippen molar-refractivity contribution in [2.75, 3.05) is 18.5 Å². The van der Waals surface area contributed by atoms with Crippen LogP contribution >= 0.6 is 11.6 Å². The Labute approximate surface area is 231 Å². The van der Waals surface area contributed by atoms with E-state index in [2.05, 4.69) is 5.32 Å². The SMILES string of the molecule is CCOC(=O)C1(CN2C(=O)N(N)C(Nc3ccc4oc(CC)c(C)c4c3)N(Cc3ccc(Cl)cc3)C2=O)CC1. The highest BCUT2D eigenvalue weighted by Gasteiger charge is 2.56. The molecule has 39 heavy (non-hydrogen) atoms. The van der Waals surface area contributed by atoms with Gasteiger partial charge >= 0.3 is 18.0 Å². The lowest BCUT2D eigenvalue weighted by Crippen LogP contribution is -2.71. The maximum Gasteiger partial charge on any atom is 0.345 e. The van der Waals surface area contributed by atoms with Crippen molar-refractivity contribution in [2.24, 2.45) is 11.3 Å². The van der Waals surface area contributed by atoms with Crippen molar-refractivity contribution >= 4 is 46.3 Å². The zero-order valence-corrected chi connectivity index (χ0v) is 23.0. The van der Waals surface area contributed by atoms with Crippen molar-refractivity contribution in [1.82, 2.24) is 14.8 Å². The number of ether oxygens (including phenoxy) is 1. The Kier molecular flexibility index (Phi) is 7.17. The van der Waals surface area contributed by atoms with E-state index < -0.39 is 29.7 Å². The molecule has 2 fully saturated rings. The molecule has 1 saturated carbocycles. The standard InChI is InChI=1S/C28H32ClN5O5/c1-4-22-17(3)21-14-20(10-11-23(21)39-22)31-25-32(15-18-6-8-19(29)9-7-18)26(36)33(27(37)34(25)30)16-28(12-13-28)24(35)38-5-2/h6-11,14,25,31H,4-5,12-13,15-16,30H2,1-3H3. The fraction of sp³-hybridized carbons (Fsp3) is 0.393. The topological polar surface area (TPSA) is 121 Å². The van der Waals surface area contributed by atoms with E-state index in [-0.39, 0.29) is 19.7 Å². The van der Waals surface area contributed by atoms with Gasteiger partial charge in [0.25, 0.3) is 0 Å². The second kappa shape index (κ2) is 10.4. The highest BCUT2D eigenvalue weighted by molar-refractivity contribution is 6.30. The number of imide groups is 1. The number of amides is 4. The molecule has 2 aromatic carbocycles. The van der Waals surface area contributed by atoms with Gasteiger partial charge in [-0.05, 0) is 68.1 Å². The molecule has 206 valence electrons. The van der Waals surface area contributed by atoms with Gasteiger partial charge in [-0.3, -0.25) is 9.69 Å². The van der Waals surface area contributed by atoms with Crippen molar-refractivity contribution in [1.29, 1.82) is 0 Å². The summed E-state index contributed by atoms with van der Waals surface area (Å²) in [4.78, 5) is 42.4. The van der Waals surface area contributed by atoms with Crippen LogP contribution in [-0.4, -0.2) is 52.3 Å². The smallest absolute Gasteiger partial charge is 0.345 e. The van der Waals surface area contributed by atoms with Crippen LogP contribution in [0.25, 0.3) is 11.0 Å². The van der Waals surface area contributed by atoms with Crippen molar-refractivity contribution in [3.63, 3.8) is 0 Å². The Hall–Kier alpha value is -3.76. The number of fused-ring (bicyclic) bond motifs is 1. The molecule has 1 aromatic heterocycles. The molecule has 1 atom stereocenters. The van der Waals surface area contributed by atoms with E-state index >= 15 is 0 Å². The number of nitrogens with one attached hydrogen (secondary N) is 1. The summed E-state index contributed by atoms with van der Waals surface area (Å²) in [5, 5.41) is 5.75. The second-order valence-electron chi connectivity index (χ2n) is 10.0. The Morgan fingerprint density at radius 2 is 1.87 bits per heavy atom. The summed E-state index contributed by atoms with van der Waals surface area (Å²) in [5.74, 6) is 6.86. The van der Waals surface area contributed by atoms with Gasteiger partial charge in [-0.1, -0.05) is 30.7 Å². The molecular weight excluding hydrogens is 522 g/mol. The minimum atomic E-state index is -0.995. The number of nitrogens with two attached hydrogens (primary N) is 1. The Morgan fingerprint density at radius 3 is 2.51 bits per heavy atom. The molecule has 1 aliphatic heterocycles. The maximum absolute atomic E-state index is 13.9. The summed E-state index contributed by atoms with van der Waals surface area (Å²) in [5.41, 5.74) is 2.36. The summed E-state index contributed by atoms with van der Waals surface area (Å²) in [6.07, 6.45) is 0.848. The molecule has 3 N–H and O–H groups in total. The van der Waals surface area contributed by atoms with Crippen LogP contribution in [0.4, 0.5) is 15.3 Å². The van der Waals surface area contributed by atoms with Crippen molar-refractivity contribution in [3.05, 3.63) is 64.4 Å². The van der Waals surface area contributed by atoms with Crippen LogP contribution < -0.4 is 11.2 Å². The predicted octanol–water partition coefficient (Wildman–Crippen LogP) is 5.23. The molecule has 1 saturated heterocycles. The van der Waals surface area contributed by atoms with Gasteiger partial charge < -0.3 is 14.5 Å². The number of halogens is 1. The first kappa shape index (κ1) is 26.8. The average molecular weight is 554 g/mol. The number of esters is 1. The molecule has 1 unspecified atom stereocenters. The van der Waals surface area contributed by atoms with E-state index in [1.54, 1.807) is 19.1 Å². The number of hydrogen-bond donors (Lipinski definition) is 2. The number of carbonyl (C=O) groups excluding carboxylic acids is 3. The van der Waals surface area contributed by atoms with E-state index in [4.69, 9.17) is 26.6 Å². The van der Waals surface area contributed by atoms with Gasteiger partial charge in [0.1, 0.15) is 11.3 Å². The lowest BCUT2D eigenvalue weighted by molar-refractivity contribution is -0.150. The zero-order chi connectivity index (χ0) is 27.9. The minimum absolute atomic E-state index is 0.0962. The van der Waals surface area contributed by atoms with Crippen molar-refractivity contribution < 1.29 is 23.5 Å². The number of anilines is 1. The molecule has 3 aromatic rings. The minimum Gasteiger partial charge on any atom is -0.466 e. The average Bonchev–Trinajstić information content (AvgIpc) is 3.65. The number of hydrazine groups is 1. The lowest BCUT2D eigenvalue weighted by atomic mass is 10.1. The lowest BCUT2D eigenvalue weighted by Gasteiger charge is -2.46. The Morgan fingerprint density at radius 1 is 1.15 bits per heavy atom. The van der Waals surface area contributed by atoms with E-state index in [0.717, 1.165) is 44.2 Å². The Balaban J connectivity index is 1.47. The Bertz CT molecular complexity index is 1420. The van der Waals surface area contributed by atoms with Crippen LogP contribution in [0.15, 0.2) is 46.9 Å². The molecule has 2 heterocycles. The number of nitrogens with zero attached hydrogens (tertiary/aromatic N) is 3. The zero-order valence-electron chi connectivity index (χ0n) is 22.2. The predicted molar refractivity (Wildman–Crippen MR) is 147 cm³/mol. The number of furan rings is 1. The second-order valence-corrected chi connectivity index (χ2v) is 10.5. The molecule has 5 rings (SSSR count). The van der Waals surface area contributed by atoms with Gasteiger partial charge in [0.2, 0.25) is 6.29 Å². The summed E-state index contributed by atoms with van der Waals surface area (Å²) in [6.45, 7) is 6.02. The summed E-state index contributed by atoms with van der Waals surface area (Å²) < 4.78 is 11.1. The van der Waals surface area contributed by atoms with Crippen LogP contribution in [0, 0.1) is 12.3 Å². The number of urea groups is 2.